The van der Waals surface area contributed by atoms with Crippen molar-refractivity contribution in [3.8, 4) is 17.0 Å². The Bertz CT molecular complexity index is 1160. The third kappa shape index (κ3) is 5.01. The molecule has 4 rings (SSSR count). The summed E-state index contributed by atoms with van der Waals surface area (Å²) < 4.78 is 32.6. The number of benzene rings is 2. The Morgan fingerprint density at radius 2 is 1.66 bits per heavy atom. The smallest absolute Gasteiger partial charge is 0.257 e. The molecule has 1 saturated heterocycles. The Morgan fingerprint density at radius 1 is 1.00 bits per heavy atom. The van der Waals surface area contributed by atoms with Gasteiger partial charge >= 0.3 is 0 Å². The third-order valence-corrected chi connectivity index (χ3v) is 8.10. The maximum atomic E-state index is 12.9. The molecule has 0 saturated carbocycles. The first-order chi connectivity index (χ1) is 15.5. The summed E-state index contributed by atoms with van der Waals surface area (Å²) in [5.74, 6) is 0.423. The fourth-order valence-electron chi connectivity index (χ4n) is 3.60. The molecule has 0 unspecified atom stereocenters. The maximum absolute atomic E-state index is 12.9. The number of methoxy groups -OCH3 is 1. The molecular formula is C23H25N3O4S2. The molecule has 168 valence electrons. The Kier molecular flexibility index (Phi) is 6.88. The van der Waals surface area contributed by atoms with Crippen LogP contribution in [-0.4, -0.2) is 43.8 Å². The minimum absolute atomic E-state index is 0.257. The van der Waals surface area contributed by atoms with Crippen LogP contribution < -0.4 is 10.1 Å². The summed E-state index contributed by atoms with van der Waals surface area (Å²) in [6.07, 6.45) is 3.96. The van der Waals surface area contributed by atoms with Gasteiger partial charge in [-0.05, 0) is 49.2 Å². The fourth-order valence-corrected chi connectivity index (χ4v) is 5.84. The van der Waals surface area contributed by atoms with Crippen LogP contribution in [0.3, 0.4) is 0 Å². The largest absolute Gasteiger partial charge is 0.497 e. The average Bonchev–Trinajstić information content (AvgIpc) is 3.10. The van der Waals surface area contributed by atoms with Crippen molar-refractivity contribution in [2.75, 3.05) is 25.5 Å². The Hall–Kier alpha value is -2.75. The SMILES string of the molecule is COc1ccc(C(=O)Nc2nc(-c3ccc(S(=O)(=O)N4CCCCCC4)cc3)cs2)cc1. The number of carbonyl (C=O) groups excluding carboxylic acids is 1. The van der Waals surface area contributed by atoms with Crippen molar-refractivity contribution in [1.82, 2.24) is 9.29 Å². The minimum Gasteiger partial charge on any atom is -0.497 e. The fraction of sp³-hybridized carbons (Fsp3) is 0.304. The van der Waals surface area contributed by atoms with Gasteiger partial charge in [0.1, 0.15) is 5.75 Å². The zero-order valence-electron chi connectivity index (χ0n) is 17.8. The monoisotopic (exact) mass is 471 g/mol. The normalized spacial score (nSPS) is 15.2. The van der Waals surface area contributed by atoms with Crippen molar-refractivity contribution in [1.29, 1.82) is 0 Å². The van der Waals surface area contributed by atoms with Crippen LogP contribution in [0.1, 0.15) is 36.0 Å². The topological polar surface area (TPSA) is 88.6 Å². The maximum Gasteiger partial charge on any atom is 0.257 e. The second-order valence-corrected chi connectivity index (χ2v) is 10.4. The van der Waals surface area contributed by atoms with Gasteiger partial charge in [0.15, 0.2) is 5.13 Å². The molecule has 1 N–H and O–H groups in total. The number of aromatic nitrogens is 1. The lowest BCUT2D eigenvalue weighted by Crippen LogP contribution is -2.31. The van der Waals surface area contributed by atoms with E-state index in [0.29, 0.717) is 40.1 Å². The van der Waals surface area contributed by atoms with E-state index < -0.39 is 10.0 Å². The highest BCUT2D eigenvalue weighted by Crippen LogP contribution is 2.28. The van der Waals surface area contributed by atoms with Crippen LogP contribution in [0.25, 0.3) is 11.3 Å². The van der Waals surface area contributed by atoms with Gasteiger partial charge in [-0.2, -0.15) is 4.31 Å². The van der Waals surface area contributed by atoms with Gasteiger partial charge in [0.05, 0.1) is 17.7 Å². The van der Waals surface area contributed by atoms with Gasteiger partial charge in [0.2, 0.25) is 10.0 Å². The highest BCUT2D eigenvalue weighted by molar-refractivity contribution is 7.89. The van der Waals surface area contributed by atoms with Gasteiger partial charge in [-0.1, -0.05) is 25.0 Å². The molecule has 9 heteroatoms. The summed E-state index contributed by atoms with van der Waals surface area (Å²) in [7, 11) is -1.91. The van der Waals surface area contributed by atoms with Gasteiger partial charge in [0, 0.05) is 29.6 Å². The molecular weight excluding hydrogens is 446 g/mol. The highest BCUT2D eigenvalue weighted by atomic mass is 32.2. The lowest BCUT2D eigenvalue weighted by Gasteiger charge is -2.19. The molecule has 0 spiro atoms. The van der Waals surface area contributed by atoms with E-state index in [0.717, 1.165) is 31.2 Å². The van der Waals surface area contributed by atoms with E-state index >= 15 is 0 Å². The van der Waals surface area contributed by atoms with Crippen molar-refractivity contribution < 1.29 is 17.9 Å². The molecule has 1 amide bonds. The number of sulfonamides is 1. The molecule has 0 bridgehead atoms. The van der Waals surface area contributed by atoms with Crippen LogP contribution in [0.2, 0.25) is 0 Å². The van der Waals surface area contributed by atoms with Crippen LogP contribution in [0, 0.1) is 0 Å². The van der Waals surface area contributed by atoms with Gasteiger partial charge in [0.25, 0.3) is 5.91 Å². The number of nitrogens with zero attached hydrogens (tertiary/aromatic N) is 2. The number of thiazole rings is 1. The van der Waals surface area contributed by atoms with Crippen LogP contribution in [0.4, 0.5) is 5.13 Å². The molecule has 32 heavy (non-hydrogen) atoms. The first kappa shape index (κ1) is 22.4. The van der Waals surface area contributed by atoms with Gasteiger partial charge in [-0.15, -0.1) is 11.3 Å². The first-order valence-corrected chi connectivity index (χ1v) is 12.8. The number of rotatable bonds is 6. The quantitative estimate of drug-likeness (QED) is 0.566. The van der Waals surface area contributed by atoms with Crippen molar-refractivity contribution in [2.45, 2.75) is 30.6 Å². The molecule has 1 fully saturated rings. The number of amides is 1. The summed E-state index contributed by atoms with van der Waals surface area (Å²) >= 11 is 1.32. The van der Waals surface area contributed by atoms with E-state index in [1.54, 1.807) is 59.9 Å². The number of nitrogens with one attached hydrogen (secondary N) is 1. The van der Waals surface area contributed by atoms with Crippen molar-refractivity contribution in [3.05, 3.63) is 59.5 Å². The lowest BCUT2D eigenvalue weighted by molar-refractivity contribution is 0.102. The average molecular weight is 472 g/mol. The summed E-state index contributed by atoms with van der Waals surface area (Å²) in [6, 6.07) is 13.6. The summed E-state index contributed by atoms with van der Waals surface area (Å²) in [6.45, 7) is 1.15. The van der Waals surface area contributed by atoms with Crippen LogP contribution in [0.5, 0.6) is 5.75 Å². The number of ether oxygens (including phenoxy) is 1. The van der Waals surface area contributed by atoms with Crippen LogP contribution >= 0.6 is 11.3 Å². The number of hydrogen-bond donors (Lipinski definition) is 1. The molecule has 0 atom stereocenters. The van der Waals surface area contributed by atoms with E-state index in [4.69, 9.17) is 4.74 Å². The molecule has 0 aliphatic carbocycles. The minimum atomic E-state index is -3.48. The second-order valence-electron chi connectivity index (χ2n) is 7.56. The van der Waals surface area contributed by atoms with E-state index in [9.17, 15) is 13.2 Å². The van der Waals surface area contributed by atoms with Gasteiger partial charge in [-0.25, -0.2) is 13.4 Å². The predicted octanol–water partition coefficient (Wildman–Crippen LogP) is 4.64. The van der Waals surface area contributed by atoms with Crippen LogP contribution in [-0.2, 0) is 10.0 Å². The molecule has 7 nitrogen and oxygen atoms in total. The molecule has 1 aliphatic rings. The van der Waals surface area contributed by atoms with Crippen LogP contribution in [0.15, 0.2) is 58.8 Å². The zero-order chi connectivity index (χ0) is 22.6. The predicted molar refractivity (Wildman–Crippen MR) is 126 cm³/mol. The van der Waals surface area contributed by atoms with E-state index in [-0.39, 0.29) is 5.91 Å². The molecule has 3 aromatic rings. The summed E-state index contributed by atoms with van der Waals surface area (Å²) in [4.78, 5) is 17.2. The van der Waals surface area contributed by atoms with Crippen molar-refractivity contribution >= 4 is 32.4 Å². The first-order valence-electron chi connectivity index (χ1n) is 10.5. The van der Waals surface area contributed by atoms with Crippen molar-refractivity contribution in [3.63, 3.8) is 0 Å². The molecule has 2 aromatic carbocycles. The molecule has 0 radical (unpaired) electrons. The zero-order valence-corrected chi connectivity index (χ0v) is 19.4. The van der Waals surface area contributed by atoms with Gasteiger partial charge < -0.3 is 4.74 Å². The Morgan fingerprint density at radius 3 is 2.28 bits per heavy atom. The number of carbonyl (C=O) groups is 1. The second kappa shape index (κ2) is 9.81. The van der Waals surface area contributed by atoms with E-state index in [1.807, 2.05) is 5.38 Å². The summed E-state index contributed by atoms with van der Waals surface area (Å²) in [5.41, 5.74) is 1.98. The number of anilines is 1. The lowest BCUT2D eigenvalue weighted by atomic mass is 10.2. The molecule has 1 aliphatic heterocycles. The standard InChI is InChI=1S/C23H25N3O4S2/c1-30-19-10-6-18(7-11-19)22(27)25-23-24-21(16-31-23)17-8-12-20(13-9-17)32(28,29)26-14-4-2-3-5-15-26/h6-13,16H,2-5,14-15H2,1H3,(H,24,25,27). The van der Waals surface area contributed by atoms with E-state index in [1.165, 1.54) is 11.3 Å². The highest BCUT2D eigenvalue weighted by Gasteiger charge is 2.25. The number of hydrogen-bond acceptors (Lipinski definition) is 6. The van der Waals surface area contributed by atoms with Crippen molar-refractivity contribution in [2.24, 2.45) is 0 Å². The Labute approximate surface area is 192 Å². The van der Waals surface area contributed by atoms with Gasteiger partial charge in [-0.3, -0.25) is 10.1 Å². The Balaban J connectivity index is 1.45. The molecule has 1 aromatic heterocycles. The third-order valence-electron chi connectivity index (χ3n) is 5.43. The molecule has 2 heterocycles. The summed E-state index contributed by atoms with van der Waals surface area (Å²) in [5, 5.41) is 5.10. The van der Waals surface area contributed by atoms with E-state index in [2.05, 4.69) is 10.3 Å².